The van der Waals surface area contributed by atoms with Crippen molar-refractivity contribution in [3.63, 3.8) is 0 Å². The van der Waals surface area contributed by atoms with Gasteiger partial charge in [-0.15, -0.1) is 0 Å². The quantitative estimate of drug-likeness (QED) is 0.690. The van der Waals surface area contributed by atoms with Gasteiger partial charge in [-0.2, -0.15) is 18.4 Å². The molecule has 21 heavy (non-hydrogen) atoms. The number of fused-ring (bicyclic) bond motifs is 1. The molecule has 104 valence electrons. The van der Waals surface area contributed by atoms with Crippen molar-refractivity contribution in [1.29, 1.82) is 5.26 Å². The fourth-order valence-electron chi connectivity index (χ4n) is 2.30. The first-order valence-corrected chi connectivity index (χ1v) is 6.19. The minimum atomic E-state index is -4.36. The molecular weight excluding hydrogens is 277 g/mol. The van der Waals surface area contributed by atoms with Gasteiger partial charge in [0.2, 0.25) is 0 Å². The third-order valence-electron chi connectivity index (χ3n) is 3.32. The van der Waals surface area contributed by atoms with Crippen LogP contribution in [0, 0.1) is 11.3 Å². The summed E-state index contributed by atoms with van der Waals surface area (Å²) in [6.07, 6.45) is -4.36. The summed E-state index contributed by atoms with van der Waals surface area (Å²) in [5.41, 5.74) is 1.60. The molecule has 0 radical (unpaired) electrons. The number of hydrogen-bond acceptors (Lipinski definition) is 1. The van der Waals surface area contributed by atoms with Gasteiger partial charge in [0.05, 0.1) is 16.8 Å². The smallest absolute Gasteiger partial charge is 0.353 e. The van der Waals surface area contributed by atoms with Crippen molar-refractivity contribution in [2.75, 3.05) is 0 Å². The third kappa shape index (κ3) is 2.25. The molecule has 2 nitrogen and oxygen atoms in total. The summed E-state index contributed by atoms with van der Waals surface area (Å²) in [6, 6.07) is 14.1. The lowest BCUT2D eigenvalue weighted by molar-refractivity contribution is -0.137. The normalized spacial score (nSPS) is 11.5. The number of nitrogens with one attached hydrogen (secondary N) is 1. The summed E-state index contributed by atoms with van der Waals surface area (Å²) >= 11 is 0. The number of alkyl halides is 3. The van der Waals surface area contributed by atoms with Crippen molar-refractivity contribution in [2.45, 2.75) is 6.18 Å². The topological polar surface area (TPSA) is 39.6 Å². The predicted octanol–water partition coefficient (Wildman–Crippen LogP) is 4.73. The lowest BCUT2D eigenvalue weighted by Crippen LogP contribution is -2.04. The van der Waals surface area contributed by atoms with E-state index in [1.807, 2.05) is 18.2 Å². The molecule has 0 saturated carbocycles. The lowest BCUT2D eigenvalue weighted by atomic mass is 10.0. The number of benzene rings is 2. The average molecular weight is 286 g/mol. The van der Waals surface area contributed by atoms with Crippen LogP contribution in [0.1, 0.15) is 11.1 Å². The lowest BCUT2D eigenvalue weighted by Gasteiger charge is -2.07. The molecule has 1 heterocycles. The van der Waals surface area contributed by atoms with Gasteiger partial charge in [0.25, 0.3) is 0 Å². The van der Waals surface area contributed by atoms with Gasteiger partial charge in [0.15, 0.2) is 0 Å². The van der Waals surface area contributed by atoms with Gasteiger partial charge >= 0.3 is 6.18 Å². The first-order chi connectivity index (χ1) is 10.0. The zero-order valence-electron chi connectivity index (χ0n) is 10.7. The summed E-state index contributed by atoms with van der Waals surface area (Å²) in [6.45, 7) is 0. The highest BCUT2D eigenvalue weighted by atomic mass is 19.4. The van der Waals surface area contributed by atoms with E-state index in [1.165, 1.54) is 12.1 Å². The Hall–Kier alpha value is -2.74. The maximum atomic E-state index is 12.6. The first-order valence-electron chi connectivity index (χ1n) is 6.19. The van der Waals surface area contributed by atoms with Crippen molar-refractivity contribution in [3.05, 3.63) is 59.7 Å². The van der Waals surface area contributed by atoms with Crippen LogP contribution in [-0.2, 0) is 6.18 Å². The van der Waals surface area contributed by atoms with Crippen LogP contribution in [0.5, 0.6) is 0 Å². The highest BCUT2D eigenvalue weighted by Crippen LogP contribution is 2.33. The Labute approximate surface area is 118 Å². The fourth-order valence-corrected chi connectivity index (χ4v) is 2.30. The highest BCUT2D eigenvalue weighted by molar-refractivity contribution is 5.93. The second kappa shape index (κ2) is 4.67. The van der Waals surface area contributed by atoms with E-state index < -0.39 is 11.7 Å². The van der Waals surface area contributed by atoms with E-state index in [-0.39, 0.29) is 0 Å². The minimum Gasteiger partial charge on any atom is -0.353 e. The Morgan fingerprint density at radius 3 is 2.24 bits per heavy atom. The van der Waals surface area contributed by atoms with Crippen LogP contribution < -0.4 is 0 Å². The summed E-state index contributed by atoms with van der Waals surface area (Å²) in [7, 11) is 0. The van der Waals surface area contributed by atoms with Crippen LogP contribution in [0.4, 0.5) is 13.2 Å². The maximum Gasteiger partial charge on any atom is 0.416 e. The number of aromatic nitrogens is 1. The summed E-state index contributed by atoms with van der Waals surface area (Å²) in [5, 5.41) is 10.1. The maximum absolute atomic E-state index is 12.6. The molecule has 0 atom stereocenters. The largest absolute Gasteiger partial charge is 0.416 e. The summed E-state index contributed by atoms with van der Waals surface area (Å²) < 4.78 is 37.7. The standard InChI is InChI=1S/C16H9F3N2/c17-16(18,19)11-7-5-10(6-8-11)15-13(9-20)12-3-1-2-4-14(12)21-15/h1-8,21H. The molecule has 2 aromatic carbocycles. The molecule has 0 aliphatic carbocycles. The first kappa shape index (κ1) is 13.3. The number of aromatic amines is 1. The third-order valence-corrected chi connectivity index (χ3v) is 3.32. The van der Waals surface area contributed by atoms with E-state index in [2.05, 4.69) is 11.1 Å². The molecule has 0 aliphatic heterocycles. The molecule has 0 spiro atoms. The molecule has 3 rings (SSSR count). The molecule has 0 bridgehead atoms. The Morgan fingerprint density at radius 2 is 1.62 bits per heavy atom. The predicted molar refractivity (Wildman–Crippen MR) is 73.5 cm³/mol. The van der Waals surface area contributed by atoms with Crippen molar-refractivity contribution in [1.82, 2.24) is 4.98 Å². The number of hydrogen-bond donors (Lipinski definition) is 1. The van der Waals surface area contributed by atoms with Gasteiger partial charge in [0.1, 0.15) is 6.07 Å². The summed E-state index contributed by atoms with van der Waals surface area (Å²) in [4.78, 5) is 3.09. The number of nitrogens with zero attached hydrogens (tertiary/aromatic N) is 1. The minimum absolute atomic E-state index is 0.436. The fraction of sp³-hybridized carbons (Fsp3) is 0.0625. The van der Waals surface area contributed by atoms with Crippen molar-refractivity contribution < 1.29 is 13.2 Å². The SMILES string of the molecule is N#Cc1c(-c2ccc(C(F)(F)F)cc2)[nH]c2ccccc12. The van der Waals surface area contributed by atoms with E-state index in [0.717, 1.165) is 23.0 Å². The Bertz CT molecular complexity index is 837. The Kier molecular flexibility index (Phi) is 2.95. The van der Waals surface area contributed by atoms with Gasteiger partial charge in [-0.05, 0) is 23.8 Å². The Balaban J connectivity index is 2.15. The van der Waals surface area contributed by atoms with Crippen molar-refractivity contribution in [3.8, 4) is 17.3 Å². The zero-order valence-corrected chi connectivity index (χ0v) is 10.7. The van der Waals surface area contributed by atoms with Crippen molar-refractivity contribution in [2.24, 2.45) is 0 Å². The molecule has 0 saturated heterocycles. The number of para-hydroxylation sites is 1. The molecule has 1 N–H and O–H groups in total. The highest BCUT2D eigenvalue weighted by Gasteiger charge is 2.30. The van der Waals surface area contributed by atoms with Crippen LogP contribution >= 0.6 is 0 Å². The molecule has 0 fully saturated rings. The molecule has 0 aliphatic rings. The molecule has 5 heteroatoms. The average Bonchev–Trinajstić information content (AvgIpc) is 2.85. The van der Waals surface area contributed by atoms with E-state index in [4.69, 9.17) is 0 Å². The zero-order chi connectivity index (χ0) is 15.0. The van der Waals surface area contributed by atoms with Crippen LogP contribution in [0.2, 0.25) is 0 Å². The van der Waals surface area contributed by atoms with Crippen LogP contribution in [0.3, 0.4) is 0 Å². The van der Waals surface area contributed by atoms with Crippen LogP contribution in [0.25, 0.3) is 22.2 Å². The monoisotopic (exact) mass is 286 g/mol. The molecule has 0 unspecified atom stereocenters. The molecule has 1 aromatic heterocycles. The molecular formula is C16H9F3N2. The van der Waals surface area contributed by atoms with E-state index in [0.29, 0.717) is 16.8 Å². The summed E-state index contributed by atoms with van der Waals surface area (Å²) in [5.74, 6) is 0. The van der Waals surface area contributed by atoms with Gasteiger partial charge in [0, 0.05) is 10.9 Å². The van der Waals surface area contributed by atoms with Gasteiger partial charge < -0.3 is 4.98 Å². The van der Waals surface area contributed by atoms with Gasteiger partial charge in [-0.1, -0.05) is 30.3 Å². The number of halogens is 3. The number of rotatable bonds is 1. The van der Waals surface area contributed by atoms with Crippen LogP contribution in [-0.4, -0.2) is 4.98 Å². The Morgan fingerprint density at radius 1 is 0.952 bits per heavy atom. The second-order valence-corrected chi connectivity index (χ2v) is 4.61. The van der Waals surface area contributed by atoms with Gasteiger partial charge in [-0.3, -0.25) is 0 Å². The number of H-pyrrole nitrogens is 1. The van der Waals surface area contributed by atoms with E-state index in [1.54, 1.807) is 6.07 Å². The molecule has 3 aromatic rings. The second-order valence-electron chi connectivity index (χ2n) is 4.61. The van der Waals surface area contributed by atoms with Gasteiger partial charge in [-0.25, -0.2) is 0 Å². The molecule has 0 amide bonds. The van der Waals surface area contributed by atoms with E-state index >= 15 is 0 Å². The van der Waals surface area contributed by atoms with Crippen LogP contribution in [0.15, 0.2) is 48.5 Å². The number of nitriles is 1. The van der Waals surface area contributed by atoms with E-state index in [9.17, 15) is 18.4 Å². The van der Waals surface area contributed by atoms with Crippen molar-refractivity contribution >= 4 is 10.9 Å².